The number of carboxylic acids is 1. The SMILES string of the molecule is COc1c(C(=O)O)ccc(O)c1O. The van der Waals surface area contributed by atoms with Crippen molar-refractivity contribution in [2.75, 3.05) is 7.11 Å². The highest BCUT2D eigenvalue weighted by Gasteiger charge is 2.17. The number of ether oxygens (including phenoxy) is 1. The first-order chi connectivity index (χ1) is 6.07. The van der Waals surface area contributed by atoms with Gasteiger partial charge in [-0.15, -0.1) is 0 Å². The molecule has 0 fully saturated rings. The Morgan fingerprint density at radius 2 is 2.00 bits per heavy atom. The van der Waals surface area contributed by atoms with E-state index in [4.69, 9.17) is 10.2 Å². The van der Waals surface area contributed by atoms with Crippen molar-refractivity contribution in [2.24, 2.45) is 0 Å². The van der Waals surface area contributed by atoms with Crippen molar-refractivity contribution < 1.29 is 24.9 Å². The Morgan fingerprint density at radius 1 is 1.38 bits per heavy atom. The second-order valence-corrected chi connectivity index (χ2v) is 2.32. The molecule has 0 aliphatic heterocycles. The molecule has 5 nitrogen and oxygen atoms in total. The molecule has 0 spiro atoms. The number of hydrogen-bond donors (Lipinski definition) is 3. The maximum absolute atomic E-state index is 10.6. The van der Waals surface area contributed by atoms with Crippen LogP contribution in [0.1, 0.15) is 10.4 Å². The number of aromatic carboxylic acids is 1. The van der Waals surface area contributed by atoms with Crippen molar-refractivity contribution in [3.63, 3.8) is 0 Å². The topological polar surface area (TPSA) is 87.0 Å². The molecular weight excluding hydrogens is 176 g/mol. The normalized spacial score (nSPS) is 9.62. The fourth-order valence-corrected chi connectivity index (χ4v) is 0.936. The Bertz CT molecular complexity index is 345. The van der Waals surface area contributed by atoms with E-state index in [1.165, 1.54) is 7.11 Å². The summed E-state index contributed by atoms with van der Waals surface area (Å²) in [4.78, 5) is 10.6. The van der Waals surface area contributed by atoms with Gasteiger partial charge in [-0.2, -0.15) is 0 Å². The summed E-state index contributed by atoms with van der Waals surface area (Å²) < 4.78 is 4.63. The van der Waals surface area contributed by atoms with E-state index < -0.39 is 17.5 Å². The second kappa shape index (κ2) is 3.22. The summed E-state index contributed by atoms with van der Waals surface area (Å²) in [6, 6.07) is 2.23. The molecule has 0 unspecified atom stereocenters. The van der Waals surface area contributed by atoms with Gasteiger partial charge in [0.2, 0.25) is 5.75 Å². The molecular formula is C8H8O5. The van der Waals surface area contributed by atoms with Crippen LogP contribution in [0, 0.1) is 0 Å². The highest BCUT2D eigenvalue weighted by molar-refractivity contribution is 5.92. The summed E-state index contributed by atoms with van der Waals surface area (Å²) in [6.07, 6.45) is 0. The number of phenolic OH excluding ortho intramolecular Hbond substituents is 2. The Hall–Kier alpha value is -1.91. The van der Waals surface area contributed by atoms with Crippen molar-refractivity contribution in [2.45, 2.75) is 0 Å². The third kappa shape index (κ3) is 1.48. The van der Waals surface area contributed by atoms with Crippen LogP contribution in [0.25, 0.3) is 0 Å². The summed E-state index contributed by atoms with van der Waals surface area (Å²) in [7, 11) is 1.21. The first kappa shape index (κ1) is 9.18. The monoisotopic (exact) mass is 184 g/mol. The average Bonchev–Trinajstić information content (AvgIpc) is 2.09. The van der Waals surface area contributed by atoms with Gasteiger partial charge < -0.3 is 20.1 Å². The van der Waals surface area contributed by atoms with Gasteiger partial charge in [0.15, 0.2) is 11.5 Å². The van der Waals surface area contributed by atoms with Crippen LogP contribution < -0.4 is 4.74 Å². The standard InChI is InChI=1S/C8H8O5/c1-13-7-4(8(11)12)2-3-5(9)6(7)10/h2-3,9-10H,1H3,(H,11,12). The molecule has 13 heavy (non-hydrogen) atoms. The van der Waals surface area contributed by atoms with Crippen molar-refractivity contribution in [1.29, 1.82) is 0 Å². The zero-order chi connectivity index (χ0) is 10.0. The molecule has 1 rings (SSSR count). The van der Waals surface area contributed by atoms with E-state index in [2.05, 4.69) is 4.74 Å². The Morgan fingerprint density at radius 3 is 2.46 bits per heavy atom. The van der Waals surface area contributed by atoms with Crippen LogP contribution in [0.4, 0.5) is 0 Å². The van der Waals surface area contributed by atoms with E-state index >= 15 is 0 Å². The van der Waals surface area contributed by atoms with Crippen LogP contribution >= 0.6 is 0 Å². The van der Waals surface area contributed by atoms with Crippen molar-refractivity contribution in [3.05, 3.63) is 17.7 Å². The molecule has 5 heteroatoms. The highest BCUT2D eigenvalue weighted by Crippen LogP contribution is 2.37. The lowest BCUT2D eigenvalue weighted by Gasteiger charge is -2.07. The number of methoxy groups -OCH3 is 1. The van der Waals surface area contributed by atoms with Gasteiger partial charge in [-0.1, -0.05) is 0 Å². The summed E-state index contributed by atoms with van der Waals surface area (Å²) in [5.41, 5.74) is -0.196. The number of hydrogen-bond acceptors (Lipinski definition) is 4. The molecule has 0 aliphatic rings. The van der Waals surface area contributed by atoms with Gasteiger partial charge in [0.25, 0.3) is 0 Å². The van der Waals surface area contributed by atoms with Gasteiger partial charge >= 0.3 is 5.97 Å². The quantitative estimate of drug-likeness (QED) is 0.592. The average molecular weight is 184 g/mol. The lowest BCUT2D eigenvalue weighted by Crippen LogP contribution is -2.00. The molecule has 1 aromatic rings. The van der Waals surface area contributed by atoms with Crippen LogP contribution in [0.15, 0.2) is 12.1 Å². The molecule has 0 aromatic heterocycles. The fourth-order valence-electron chi connectivity index (χ4n) is 0.936. The highest BCUT2D eigenvalue weighted by atomic mass is 16.5. The number of carboxylic acid groups (broad SMARTS) is 1. The molecule has 0 bridgehead atoms. The van der Waals surface area contributed by atoms with Gasteiger partial charge in [0.05, 0.1) is 7.11 Å². The van der Waals surface area contributed by atoms with Crippen LogP contribution in [-0.4, -0.2) is 28.4 Å². The summed E-state index contributed by atoms with van der Waals surface area (Å²) >= 11 is 0. The van der Waals surface area contributed by atoms with Crippen LogP contribution in [-0.2, 0) is 0 Å². The van der Waals surface area contributed by atoms with Crippen LogP contribution in [0.2, 0.25) is 0 Å². The number of benzene rings is 1. The first-order valence-corrected chi connectivity index (χ1v) is 3.40. The van der Waals surface area contributed by atoms with E-state index in [1.807, 2.05) is 0 Å². The minimum absolute atomic E-state index is 0.196. The Labute approximate surface area is 73.8 Å². The molecule has 3 N–H and O–H groups in total. The molecule has 0 saturated heterocycles. The van der Waals surface area contributed by atoms with E-state index in [9.17, 15) is 9.90 Å². The Kier molecular flexibility index (Phi) is 2.27. The lowest BCUT2D eigenvalue weighted by molar-refractivity contribution is 0.0692. The molecule has 0 radical (unpaired) electrons. The van der Waals surface area contributed by atoms with E-state index in [0.717, 1.165) is 12.1 Å². The molecule has 0 saturated carbocycles. The predicted octanol–water partition coefficient (Wildman–Crippen LogP) is 0.805. The second-order valence-electron chi connectivity index (χ2n) is 2.32. The van der Waals surface area contributed by atoms with Gasteiger partial charge in [-0.3, -0.25) is 0 Å². The summed E-state index contributed by atoms with van der Waals surface area (Å²) in [6.45, 7) is 0. The first-order valence-electron chi connectivity index (χ1n) is 3.40. The van der Waals surface area contributed by atoms with E-state index in [-0.39, 0.29) is 11.3 Å². The molecule has 0 aliphatic carbocycles. The number of rotatable bonds is 2. The zero-order valence-corrected chi connectivity index (χ0v) is 6.81. The molecule has 0 heterocycles. The zero-order valence-electron chi connectivity index (χ0n) is 6.81. The largest absolute Gasteiger partial charge is 0.504 e. The Balaban J connectivity index is 3.38. The third-order valence-electron chi connectivity index (χ3n) is 1.54. The van der Waals surface area contributed by atoms with Gasteiger partial charge in [0, 0.05) is 0 Å². The number of aromatic hydroxyl groups is 2. The maximum Gasteiger partial charge on any atom is 0.339 e. The third-order valence-corrected chi connectivity index (χ3v) is 1.54. The van der Waals surface area contributed by atoms with Crippen molar-refractivity contribution >= 4 is 5.97 Å². The number of phenols is 2. The van der Waals surface area contributed by atoms with Crippen LogP contribution in [0.5, 0.6) is 17.2 Å². The predicted molar refractivity (Wildman–Crippen MR) is 43.3 cm³/mol. The number of carbonyl (C=O) groups is 1. The minimum Gasteiger partial charge on any atom is -0.504 e. The fraction of sp³-hybridized carbons (Fsp3) is 0.125. The van der Waals surface area contributed by atoms with Crippen molar-refractivity contribution in [3.8, 4) is 17.2 Å². The molecule has 1 aromatic carbocycles. The van der Waals surface area contributed by atoms with Crippen LogP contribution in [0.3, 0.4) is 0 Å². The molecule has 0 amide bonds. The van der Waals surface area contributed by atoms with E-state index in [1.54, 1.807) is 0 Å². The molecule has 70 valence electrons. The summed E-state index contributed by atoms with van der Waals surface area (Å²) in [5, 5.41) is 26.8. The van der Waals surface area contributed by atoms with Gasteiger partial charge in [-0.25, -0.2) is 4.79 Å². The van der Waals surface area contributed by atoms with Gasteiger partial charge in [-0.05, 0) is 12.1 Å². The molecule has 0 atom stereocenters. The van der Waals surface area contributed by atoms with E-state index in [0.29, 0.717) is 0 Å². The smallest absolute Gasteiger partial charge is 0.339 e. The minimum atomic E-state index is -1.23. The summed E-state index contributed by atoms with van der Waals surface area (Å²) in [5.74, 6) is -2.45. The van der Waals surface area contributed by atoms with Crippen molar-refractivity contribution in [1.82, 2.24) is 0 Å². The maximum atomic E-state index is 10.6. The van der Waals surface area contributed by atoms with Gasteiger partial charge in [0.1, 0.15) is 5.56 Å². The lowest BCUT2D eigenvalue weighted by atomic mass is 10.2.